The first-order chi connectivity index (χ1) is 21.3. The van der Waals surface area contributed by atoms with Gasteiger partial charge >= 0.3 is 0 Å². The topological polar surface area (TPSA) is 48.8 Å². The van der Waals surface area contributed by atoms with Crippen LogP contribution in [0, 0.1) is 0 Å². The lowest BCUT2D eigenvalue weighted by Gasteiger charge is -2.17. The third-order valence-electron chi connectivity index (χ3n) is 9.22. The van der Waals surface area contributed by atoms with Gasteiger partial charge in [0, 0.05) is 44.4 Å². The minimum Gasteiger partial charge on any atom is -0.420 e. The maximum Gasteiger partial charge on any atom is 0.247 e. The van der Waals surface area contributed by atoms with Gasteiger partial charge in [-0.2, -0.15) is 0 Å². The van der Waals surface area contributed by atoms with Gasteiger partial charge in [0.05, 0.1) is 22.1 Å². The molecule has 0 saturated heterocycles. The van der Waals surface area contributed by atoms with Crippen molar-refractivity contribution in [2.45, 2.75) is 38.0 Å². The first kappa shape index (κ1) is 24.4. The van der Waals surface area contributed by atoms with E-state index >= 15 is 0 Å². The van der Waals surface area contributed by atoms with Crippen LogP contribution >= 0.6 is 0 Å². The van der Waals surface area contributed by atoms with Gasteiger partial charge in [-0.05, 0) is 55.3 Å². The molecule has 8 aromatic rings. The van der Waals surface area contributed by atoms with Crippen LogP contribution in [0.15, 0.2) is 120 Å². The summed E-state index contributed by atoms with van der Waals surface area (Å²) in [6, 6.07) is 41.3. The van der Waals surface area contributed by atoms with Crippen LogP contribution in [0.1, 0.15) is 43.9 Å². The molecule has 1 aliphatic rings. The number of rotatable bonds is 4. The Hall–Kier alpha value is -5.16. The maximum absolute atomic E-state index is 6.46. The van der Waals surface area contributed by atoms with Crippen LogP contribution in [0.4, 0.5) is 0 Å². The second-order valence-electron chi connectivity index (χ2n) is 11.8. The Morgan fingerprint density at radius 2 is 0.953 bits per heavy atom. The summed E-state index contributed by atoms with van der Waals surface area (Å²) in [7, 11) is 0. The fourth-order valence-electron chi connectivity index (χ4n) is 7.24. The molecule has 0 unspecified atom stereocenters. The molecule has 9 rings (SSSR count). The molecule has 1 fully saturated rings. The van der Waals surface area contributed by atoms with Crippen LogP contribution in [-0.4, -0.2) is 19.3 Å². The predicted molar refractivity (Wildman–Crippen MR) is 174 cm³/mol. The van der Waals surface area contributed by atoms with Crippen LogP contribution in [0.25, 0.3) is 66.4 Å². The summed E-state index contributed by atoms with van der Waals surface area (Å²) >= 11 is 0. The highest BCUT2D eigenvalue weighted by Crippen LogP contribution is 2.38. The van der Waals surface area contributed by atoms with Crippen molar-refractivity contribution in [3.63, 3.8) is 0 Å². The van der Waals surface area contributed by atoms with Gasteiger partial charge in [0.2, 0.25) is 11.8 Å². The van der Waals surface area contributed by atoms with Gasteiger partial charge in [-0.15, -0.1) is 10.2 Å². The van der Waals surface area contributed by atoms with Crippen molar-refractivity contribution in [1.82, 2.24) is 19.3 Å². The monoisotopic (exact) mass is 558 g/mol. The zero-order chi connectivity index (χ0) is 28.3. The Labute approximate surface area is 249 Å². The average molecular weight is 559 g/mol. The number of aromatic nitrogens is 4. The highest BCUT2D eigenvalue weighted by Gasteiger charge is 2.23. The fraction of sp³-hybridized carbons (Fsp3) is 0.158. The summed E-state index contributed by atoms with van der Waals surface area (Å²) < 4.78 is 11.2. The molecule has 43 heavy (non-hydrogen) atoms. The highest BCUT2D eigenvalue weighted by molar-refractivity contribution is 6.10. The van der Waals surface area contributed by atoms with E-state index in [1.165, 1.54) is 62.9 Å². The lowest BCUT2D eigenvalue weighted by molar-refractivity contribution is 0.367. The van der Waals surface area contributed by atoms with Gasteiger partial charge in [0.15, 0.2) is 0 Å². The molecule has 1 saturated carbocycles. The van der Waals surface area contributed by atoms with E-state index in [4.69, 9.17) is 4.42 Å². The first-order valence-electron chi connectivity index (χ1n) is 15.3. The zero-order valence-electron chi connectivity index (χ0n) is 23.8. The second-order valence-corrected chi connectivity index (χ2v) is 11.8. The second kappa shape index (κ2) is 9.70. The van der Waals surface area contributed by atoms with Gasteiger partial charge in [0.1, 0.15) is 0 Å². The third kappa shape index (κ3) is 3.85. The maximum atomic E-state index is 6.46. The van der Waals surface area contributed by atoms with Crippen molar-refractivity contribution in [3.8, 4) is 22.8 Å². The molecular formula is C38H30N4O. The van der Waals surface area contributed by atoms with Crippen LogP contribution in [0.5, 0.6) is 0 Å². The quantitative estimate of drug-likeness (QED) is 0.216. The Bertz CT molecular complexity index is 2060. The molecule has 208 valence electrons. The Balaban J connectivity index is 1.33. The van der Waals surface area contributed by atoms with Crippen molar-refractivity contribution in [2.24, 2.45) is 0 Å². The predicted octanol–water partition coefficient (Wildman–Crippen LogP) is 9.98. The lowest BCUT2D eigenvalue weighted by atomic mass is 9.89. The molecular weight excluding hydrogens is 528 g/mol. The van der Waals surface area contributed by atoms with E-state index in [9.17, 15) is 0 Å². The normalized spacial score (nSPS) is 14.4. The van der Waals surface area contributed by atoms with Crippen LogP contribution in [0.3, 0.4) is 0 Å². The number of hydrogen-bond donors (Lipinski definition) is 0. The standard InChI is InChI=1S/C38H30N4O/c1-2-12-25(13-3-1)37-39-40-38(43-37)26-22-27(41-33-18-8-4-14-29(33)30-15-5-9-19-34(30)41)24-28(23-26)42-35-20-10-6-16-31(35)32-17-7-11-21-36(32)42/h4-11,14-25H,1-3,12-13H2. The lowest BCUT2D eigenvalue weighted by Crippen LogP contribution is -2.04. The number of hydrogen-bond acceptors (Lipinski definition) is 3. The van der Waals surface area contributed by atoms with Crippen molar-refractivity contribution in [2.75, 3.05) is 0 Å². The van der Waals surface area contributed by atoms with E-state index in [1.54, 1.807) is 0 Å². The third-order valence-corrected chi connectivity index (χ3v) is 9.22. The summed E-state index contributed by atoms with van der Waals surface area (Å²) in [5.41, 5.74) is 7.72. The smallest absolute Gasteiger partial charge is 0.247 e. The first-order valence-corrected chi connectivity index (χ1v) is 15.3. The molecule has 3 heterocycles. The Kier molecular flexibility index (Phi) is 5.51. The molecule has 3 aromatic heterocycles. The zero-order valence-corrected chi connectivity index (χ0v) is 23.8. The van der Waals surface area contributed by atoms with E-state index < -0.39 is 0 Å². The van der Waals surface area contributed by atoms with Crippen LogP contribution in [-0.2, 0) is 0 Å². The van der Waals surface area contributed by atoms with E-state index in [0.717, 1.165) is 35.7 Å². The number of benzene rings is 5. The van der Waals surface area contributed by atoms with Crippen molar-refractivity contribution in [3.05, 3.63) is 121 Å². The molecule has 1 aliphatic carbocycles. The Morgan fingerprint density at radius 3 is 1.42 bits per heavy atom. The molecule has 0 aliphatic heterocycles. The molecule has 0 amide bonds. The molecule has 5 nitrogen and oxygen atoms in total. The molecule has 5 heteroatoms. The van der Waals surface area contributed by atoms with Gasteiger partial charge in [0.25, 0.3) is 0 Å². The number of nitrogens with zero attached hydrogens (tertiary/aromatic N) is 4. The van der Waals surface area contributed by atoms with E-state index in [-0.39, 0.29) is 0 Å². The SMILES string of the molecule is c1ccc2c(c1)c1ccccc1n2-c1cc(-c2nnc(C3CCCCC3)o2)cc(-n2c3ccccc3c3ccccc32)c1. The summed E-state index contributed by atoms with van der Waals surface area (Å²) in [5, 5.41) is 14.1. The number of para-hydroxylation sites is 4. The van der Waals surface area contributed by atoms with E-state index in [2.05, 4.69) is 135 Å². The van der Waals surface area contributed by atoms with Crippen LogP contribution < -0.4 is 0 Å². The van der Waals surface area contributed by atoms with Crippen molar-refractivity contribution < 1.29 is 4.42 Å². The molecule has 0 atom stereocenters. The molecule has 0 N–H and O–H groups in total. The average Bonchev–Trinajstić information content (AvgIpc) is 3.78. The summed E-state index contributed by atoms with van der Waals surface area (Å²) in [4.78, 5) is 0. The van der Waals surface area contributed by atoms with Crippen molar-refractivity contribution >= 4 is 43.6 Å². The van der Waals surface area contributed by atoms with Gasteiger partial charge in [-0.3, -0.25) is 0 Å². The molecule has 0 radical (unpaired) electrons. The van der Waals surface area contributed by atoms with Crippen molar-refractivity contribution in [1.29, 1.82) is 0 Å². The van der Waals surface area contributed by atoms with E-state index in [0.29, 0.717) is 11.8 Å². The Morgan fingerprint density at radius 1 is 0.512 bits per heavy atom. The molecule has 0 bridgehead atoms. The summed E-state index contributed by atoms with van der Waals surface area (Å²) in [6.07, 6.45) is 5.98. The fourth-order valence-corrected chi connectivity index (χ4v) is 7.24. The van der Waals surface area contributed by atoms with Crippen LogP contribution in [0.2, 0.25) is 0 Å². The summed E-state index contributed by atoms with van der Waals surface area (Å²) in [5.74, 6) is 1.70. The van der Waals surface area contributed by atoms with Gasteiger partial charge in [-0.25, -0.2) is 0 Å². The molecule has 0 spiro atoms. The van der Waals surface area contributed by atoms with E-state index in [1.807, 2.05) is 0 Å². The minimum atomic E-state index is 0.354. The minimum absolute atomic E-state index is 0.354. The highest BCUT2D eigenvalue weighted by atomic mass is 16.4. The van der Waals surface area contributed by atoms with Gasteiger partial charge in [-0.1, -0.05) is 92.1 Å². The summed E-state index contributed by atoms with van der Waals surface area (Å²) in [6.45, 7) is 0. The largest absolute Gasteiger partial charge is 0.420 e. The molecule has 5 aromatic carbocycles. The number of fused-ring (bicyclic) bond motifs is 6. The van der Waals surface area contributed by atoms with Gasteiger partial charge < -0.3 is 13.6 Å².